The summed E-state index contributed by atoms with van der Waals surface area (Å²) < 4.78 is 1.95. The number of fused-ring (bicyclic) bond motifs is 1. The molecule has 0 fully saturated rings. The first-order chi connectivity index (χ1) is 13.1. The predicted molar refractivity (Wildman–Crippen MR) is 107 cm³/mol. The van der Waals surface area contributed by atoms with Crippen molar-refractivity contribution in [3.8, 4) is 0 Å². The van der Waals surface area contributed by atoms with Crippen LogP contribution in [0.1, 0.15) is 29.9 Å². The molecule has 5 heteroatoms. The highest BCUT2D eigenvalue weighted by molar-refractivity contribution is 5.83. The average molecular weight is 360 g/mol. The summed E-state index contributed by atoms with van der Waals surface area (Å²) in [4.78, 5) is 19.6. The smallest absolute Gasteiger partial charge is 0.240 e. The Balaban J connectivity index is 1.55. The number of para-hydroxylation sites is 1. The van der Waals surface area contributed by atoms with E-state index >= 15 is 0 Å². The van der Waals surface area contributed by atoms with E-state index in [1.807, 2.05) is 54.2 Å². The van der Waals surface area contributed by atoms with E-state index in [0.717, 1.165) is 23.5 Å². The zero-order valence-corrected chi connectivity index (χ0v) is 15.7. The number of benzene rings is 2. The van der Waals surface area contributed by atoms with Gasteiger partial charge in [0, 0.05) is 31.2 Å². The lowest BCUT2D eigenvalue weighted by Gasteiger charge is -2.26. The fraction of sp³-hybridized carbons (Fsp3) is 0.273. The van der Waals surface area contributed by atoms with Gasteiger partial charge in [-0.15, -0.1) is 0 Å². The summed E-state index contributed by atoms with van der Waals surface area (Å²) >= 11 is 0. The Kier molecular flexibility index (Phi) is 4.67. The van der Waals surface area contributed by atoms with Crippen molar-refractivity contribution in [2.75, 3.05) is 11.4 Å². The van der Waals surface area contributed by atoms with Gasteiger partial charge in [-0.05, 0) is 30.5 Å². The van der Waals surface area contributed by atoms with Crippen LogP contribution in [0.3, 0.4) is 0 Å². The number of hydrogen-bond donors (Lipinski definition) is 1. The first-order valence-electron chi connectivity index (χ1n) is 9.29. The summed E-state index contributed by atoms with van der Waals surface area (Å²) in [5.74, 6) is 0.819. The number of aryl methyl sites for hydroxylation is 1. The molecule has 4 rings (SSSR count). The summed E-state index contributed by atoms with van der Waals surface area (Å²) in [7, 11) is 1.95. The van der Waals surface area contributed by atoms with Crippen LogP contribution in [-0.2, 0) is 18.3 Å². The molecule has 0 saturated carbocycles. The standard InChI is InChI=1S/C22H24N4O/c1-16-14-18-10-6-7-11-19(18)26(16)15-20(27)24-21(17-8-4-3-5-9-17)22-23-12-13-25(22)2/h3-13,16,21H,14-15H2,1-2H3,(H,24,27)/t16-,21+/m1/s1. The lowest BCUT2D eigenvalue weighted by atomic mass is 10.1. The highest BCUT2D eigenvalue weighted by Crippen LogP contribution is 2.31. The number of nitrogens with one attached hydrogen (secondary N) is 1. The maximum absolute atomic E-state index is 13.0. The minimum atomic E-state index is -0.271. The molecule has 2 atom stereocenters. The molecule has 1 aliphatic heterocycles. The zero-order chi connectivity index (χ0) is 18.8. The highest BCUT2D eigenvalue weighted by atomic mass is 16.2. The van der Waals surface area contributed by atoms with Gasteiger partial charge in [-0.2, -0.15) is 0 Å². The molecule has 0 bridgehead atoms. The van der Waals surface area contributed by atoms with Gasteiger partial charge >= 0.3 is 0 Å². The fourth-order valence-corrected chi connectivity index (χ4v) is 3.83. The fourth-order valence-electron chi connectivity index (χ4n) is 3.83. The highest BCUT2D eigenvalue weighted by Gasteiger charge is 2.28. The maximum atomic E-state index is 13.0. The molecule has 1 aromatic heterocycles. The number of rotatable bonds is 5. The van der Waals surface area contributed by atoms with Crippen LogP contribution in [0.25, 0.3) is 0 Å². The Bertz CT molecular complexity index is 934. The van der Waals surface area contributed by atoms with Gasteiger partial charge in [0.05, 0.1) is 6.54 Å². The van der Waals surface area contributed by atoms with E-state index in [-0.39, 0.29) is 11.9 Å². The minimum absolute atomic E-state index is 0.00425. The Morgan fingerprint density at radius 2 is 1.93 bits per heavy atom. The molecule has 0 spiro atoms. The van der Waals surface area contributed by atoms with E-state index in [1.165, 1.54) is 5.56 Å². The van der Waals surface area contributed by atoms with Gasteiger partial charge in [0.2, 0.25) is 5.91 Å². The Morgan fingerprint density at radius 3 is 2.67 bits per heavy atom. The minimum Gasteiger partial charge on any atom is -0.359 e. The first kappa shape index (κ1) is 17.3. The van der Waals surface area contributed by atoms with Crippen molar-refractivity contribution in [3.63, 3.8) is 0 Å². The molecule has 3 aromatic rings. The lowest BCUT2D eigenvalue weighted by molar-refractivity contribution is -0.120. The van der Waals surface area contributed by atoms with Crippen LogP contribution in [0.4, 0.5) is 5.69 Å². The summed E-state index contributed by atoms with van der Waals surface area (Å²) in [5, 5.41) is 3.19. The number of aromatic nitrogens is 2. The topological polar surface area (TPSA) is 50.2 Å². The normalized spacial score (nSPS) is 16.8. The van der Waals surface area contributed by atoms with Gasteiger partial charge in [0.15, 0.2) is 0 Å². The van der Waals surface area contributed by atoms with Gasteiger partial charge in [-0.3, -0.25) is 4.79 Å². The summed E-state index contributed by atoms with van der Waals surface area (Å²) in [5.41, 5.74) is 3.49. The molecule has 0 aliphatic carbocycles. The third kappa shape index (κ3) is 3.45. The molecule has 0 saturated heterocycles. The second-order valence-corrected chi connectivity index (χ2v) is 7.12. The second kappa shape index (κ2) is 7.27. The van der Waals surface area contributed by atoms with Crippen LogP contribution in [0.5, 0.6) is 0 Å². The second-order valence-electron chi connectivity index (χ2n) is 7.12. The zero-order valence-electron chi connectivity index (χ0n) is 15.7. The van der Waals surface area contributed by atoms with Crippen molar-refractivity contribution >= 4 is 11.6 Å². The lowest BCUT2D eigenvalue weighted by Crippen LogP contribution is -2.42. The van der Waals surface area contributed by atoms with Crippen molar-refractivity contribution in [1.29, 1.82) is 0 Å². The van der Waals surface area contributed by atoms with E-state index in [4.69, 9.17) is 0 Å². The molecule has 1 aliphatic rings. The molecule has 5 nitrogen and oxygen atoms in total. The van der Waals surface area contributed by atoms with Gasteiger partial charge in [0.1, 0.15) is 11.9 Å². The van der Waals surface area contributed by atoms with Gasteiger partial charge in [-0.25, -0.2) is 4.98 Å². The van der Waals surface area contributed by atoms with Crippen molar-refractivity contribution in [1.82, 2.24) is 14.9 Å². The average Bonchev–Trinajstić information content (AvgIpc) is 3.24. The monoisotopic (exact) mass is 360 g/mol. The van der Waals surface area contributed by atoms with Crippen LogP contribution in [0.2, 0.25) is 0 Å². The molecule has 0 radical (unpaired) electrons. The van der Waals surface area contributed by atoms with Gasteiger partial charge in [-0.1, -0.05) is 48.5 Å². The molecule has 138 valence electrons. The molecule has 2 aromatic carbocycles. The van der Waals surface area contributed by atoms with E-state index in [2.05, 4.69) is 40.3 Å². The SMILES string of the molecule is C[C@@H]1Cc2ccccc2N1CC(=O)N[C@@H](c1ccccc1)c1nccn1C. The summed E-state index contributed by atoms with van der Waals surface area (Å²) in [6, 6.07) is 18.4. The Labute approximate surface area is 159 Å². The number of hydrogen-bond acceptors (Lipinski definition) is 3. The van der Waals surface area contributed by atoms with E-state index in [9.17, 15) is 4.79 Å². The van der Waals surface area contributed by atoms with Crippen molar-refractivity contribution in [2.45, 2.75) is 25.4 Å². The molecule has 27 heavy (non-hydrogen) atoms. The quantitative estimate of drug-likeness (QED) is 0.761. The van der Waals surface area contributed by atoms with Gasteiger partial charge < -0.3 is 14.8 Å². The molecular formula is C22H24N4O. The first-order valence-corrected chi connectivity index (χ1v) is 9.29. The number of imidazole rings is 1. The van der Waals surface area contributed by atoms with Crippen LogP contribution in [-0.4, -0.2) is 28.0 Å². The maximum Gasteiger partial charge on any atom is 0.240 e. The molecule has 2 heterocycles. The van der Waals surface area contributed by atoms with Crippen LogP contribution >= 0.6 is 0 Å². The van der Waals surface area contributed by atoms with E-state index in [0.29, 0.717) is 12.6 Å². The summed E-state index contributed by atoms with van der Waals surface area (Å²) in [6.45, 7) is 2.51. The number of amides is 1. The van der Waals surface area contributed by atoms with Crippen molar-refractivity contribution < 1.29 is 4.79 Å². The van der Waals surface area contributed by atoms with Crippen molar-refractivity contribution in [3.05, 3.63) is 83.9 Å². The van der Waals surface area contributed by atoms with Crippen molar-refractivity contribution in [2.24, 2.45) is 7.05 Å². The van der Waals surface area contributed by atoms with Gasteiger partial charge in [0.25, 0.3) is 0 Å². The molecule has 0 unspecified atom stereocenters. The van der Waals surface area contributed by atoms with E-state index < -0.39 is 0 Å². The number of nitrogens with zero attached hydrogens (tertiary/aromatic N) is 3. The third-order valence-electron chi connectivity index (χ3n) is 5.22. The summed E-state index contributed by atoms with van der Waals surface area (Å²) in [6.07, 6.45) is 4.64. The number of carbonyl (C=O) groups excluding carboxylic acids is 1. The molecule has 1 amide bonds. The number of anilines is 1. The van der Waals surface area contributed by atoms with Crippen LogP contribution in [0.15, 0.2) is 67.0 Å². The Hall–Kier alpha value is -3.08. The van der Waals surface area contributed by atoms with Crippen LogP contribution in [0, 0.1) is 0 Å². The predicted octanol–water partition coefficient (Wildman–Crippen LogP) is 3.08. The molecular weight excluding hydrogens is 336 g/mol. The Morgan fingerprint density at radius 1 is 1.19 bits per heavy atom. The van der Waals surface area contributed by atoms with Crippen LogP contribution < -0.4 is 10.2 Å². The largest absolute Gasteiger partial charge is 0.359 e. The number of carbonyl (C=O) groups is 1. The van der Waals surface area contributed by atoms with E-state index in [1.54, 1.807) is 6.20 Å². The third-order valence-corrected chi connectivity index (χ3v) is 5.22. The molecule has 1 N–H and O–H groups in total.